The number of ether oxygens (including phenoxy) is 1. The monoisotopic (exact) mass is 312 g/mol. The maximum absolute atomic E-state index is 12.1. The molecule has 2 aliphatic rings. The molecule has 0 N–H and O–H groups in total. The summed E-state index contributed by atoms with van der Waals surface area (Å²) in [6.45, 7) is 0.308. The first-order chi connectivity index (χ1) is 10.1. The first-order valence-electron chi connectivity index (χ1n) is 6.51. The molecule has 4 nitrogen and oxygen atoms in total. The van der Waals surface area contributed by atoms with Crippen LogP contribution in [0.4, 0.5) is 8.78 Å². The SMILES string of the molecule is O=CN1CC2=C(C1)CN(Sc1ccc(OC(F)F)cc1)C2. The summed E-state index contributed by atoms with van der Waals surface area (Å²) < 4.78 is 30.7. The van der Waals surface area contributed by atoms with Gasteiger partial charge in [0, 0.05) is 31.1 Å². The van der Waals surface area contributed by atoms with E-state index in [1.807, 2.05) is 0 Å². The Morgan fingerprint density at radius 1 is 1.10 bits per heavy atom. The van der Waals surface area contributed by atoms with Gasteiger partial charge in [-0.05, 0) is 47.4 Å². The second-order valence-electron chi connectivity index (χ2n) is 4.96. The molecule has 0 saturated heterocycles. The van der Waals surface area contributed by atoms with Crippen LogP contribution in [0.25, 0.3) is 0 Å². The molecule has 3 rings (SSSR count). The summed E-state index contributed by atoms with van der Waals surface area (Å²) in [6, 6.07) is 6.62. The van der Waals surface area contributed by atoms with E-state index in [1.54, 1.807) is 41.1 Å². The molecule has 0 saturated carbocycles. The largest absolute Gasteiger partial charge is 0.435 e. The fraction of sp³-hybridized carbons (Fsp3) is 0.357. The Kier molecular flexibility index (Phi) is 4.12. The standard InChI is InChI=1S/C14H14F2N2O2S/c15-14(16)20-12-1-3-13(4-2-12)21-18-7-10-5-17(9-19)6-11(10)8-18/h1-4,9,14H,5-8H2. The summed E-state index contributed by atoms with van der Waals surface area (Å²) >= 11 is 1.59. The van der Waals surface area contributed by atoms with Crippen molar-refractivity contribution in [1.82, 2.24) is 9.21 Å². The van der Waals surface area contributed by atoms with Gasteiger partial charge in [-0.3, -0.25) is 4.79 Å². The first kappa shape index (κ1) is 14.3. The molecule has 0 aromatic heterocycles. The number of amides is 1. The van der Waals surface area contributed by atoms with Gasteiger partial charge < -0.3 is 9.64 Å². The van der Waals surface area contributed by atoms with E-state index in [4.69, 9.17) is 0 Å². The van der Waals surface area contributed by atoms with Crippen LogP contribution in [0.2, 0.25) is 0 Å². The molecule has 21 heavy (non-hydrogen) atoms. The Morgan fingerprint density at radius 3 is 2.24 bits per heavy atom. The van der Waals surface area contributed by atoms with Crippen molar-refractivity contribution in [3.63, 3.8) is 0 Å². The van der Waals surface area contributed by atoms with Gasteiger partial charge >= 0.3 is 6.61 Å². The molecule has 0 bridgehead atoms. The fourth-order valence-corrected chi connectivity index (χ4v) is 3.54. The molecule has 7 heteroatoms. The van der Waals surface area contributed by atoms with Crippen LogP contribution in [0.15, 0.2) is 40.3 Å². The lowest BCUT2D eigenvalue weighted by molar-refractivity contribution is -0.117. The molecule has 1 amide bonds. The molecule has 2 aliphatic heterocycles. The molecule has 1 aromatic carbocycles. The number of alkyl halides is 2. The predicted octanol–water partition coefficient (Wildman–Crippen LogP) is 2.38. The smallest absolute Gasteiger partial charge is 0.387 e. The molecular formula is C14H14F2N2O2S. The summed E-state index contributed by atoms with van der Waals surface area (Å²) in [5.74, 6) is 0.165. The Bertz CT molecular complexity index is 545. The van der Waals surface area contributed by atoms with E-state index in [1.165, 1.54) is 11.1 Å². The molecule has 1 aromatic rings. The van der Waals surface area contributed by atoms with Crippen molar-refractivity contribution in [3.05, 3.63) is 35.4 Å². The number of hydrogen-bond donors (Lipinski definition) is 0. The predicted molar refractivity (Wildman–Crippen MR) is 75.2 cm³/mol. The van der Waals surface area contributed by atoms with E-state index >= 15 is 0 Å². The van der Waals surface area contributed by atoms with Crippen LogP contribution in [0.5, 0.6) is 5.75 Å². The third kappa shape index (κ3) is 3.36. The van der Waals surface area contributed by atoms with Gasteiger partial charge in [0.15, 0.2) is 0 Å². The average Bonchev–Trinajstić information content (AvgIpc) is 2.98. The molecular weight excluding hydrogens is 298 g/mol. The van der Waals surface area contributed by atoms with E-state index in [2.05, 4.69) is 9.04 Å². The van der Waals surface area contributed by atoms with Gasteiger partial charge in [-0.25, -0.2) is 4.31 Å². The third-order valence-corrected chi connectivity index (χ3v) is 4.45. The van der Waals surface area contributed by atoms with Gasteiger partial charge in [-0.2, -0.15) is 8.78 Å². The molecule has 0 fully saturated rings. The fourth-order valence-electron chi connectivity index (χ4n) is 2.55. The Morgan fingerprint density at radius 2 is 1.71 bits per heavy atom. The third-order valence-electron chi connectivity index (χ3n) is 3.45. The van der Waals surface area contributed by atoms with Crippen molar-refractivity contribution in [2.75, 3.05) is 26.2 Å². The lowest BCUT2D eigenvalue weighted by Crippen LogP contribution is -2.25. The molecule has 112 valence electrons. The zero-order chi connectivity index (χ0) is 14.8. The molecule has 0 atom stereocenters. The Hall–Kier alpha value is -1.60. The quantitative estimate of drug-likeness (QED) is 0.475. The van der Waals surface area contributed by atoms with E-state index in [0.717, 1.165) is 37.5 Å². The van der Waals surface area contributed by atoms with Crippen LogP contribution >= 0.6 is 11.9 Å². The van der Waals surface area contributed by atoms with Crippen molar-refractivity contribution in [2.45, 2.75) is 11.5 Å². The lowest BCUT2D eigenvalue weighted by atomic mass is 10.2. The van der Waals surface area contributed by atoms with Crippen LogP contribution in [0.3, 0.4) is 0 Å². The first-order valence-corrected chi connectivity index (χ1v) is 7.28. The summed E-state index contributed by atoms with van der Waals surface area (Å²) in [5, 5.41) is 0. The minimum atomic E-state index is -2.80. The maximum Gasteiger partial charge on any atom is 0.387 e. The summed E-state index contributed by atoms with van der Waals surface area (Å²) in [4.78, 5) is 13.5. The van der Waals surface area contributed by atoms with E-state index in [-0.39, 0.29) is 5.75 Å². The van der Waals surface area contributed by atoms with Crippen LogP contribution in [0.1, 0.15) is 0 Å². The second-order valence-corrected chi connectivity index (χ2v) is 6.13. The van der Waals surface area contributed by atoms with Gasteiger partial charge in [-0.15, -0.1) is 0 Å². The lowest BCUT2D eigenvalue weighted by Gasteiger charge is -2.19. The van der Waals surface area contributed by atoms with Gasteiger partial charge in [0.05, 0.1) is 0 Å². The summed E-state index contributed by atoms with van der Waals surface area (Å²) in [7, 11) is 0. The minimum Gasteiger partial charge on any atom is -0.435 e. The van der Waals surface area contributed by atoms with Crippen molar-refractivity contribution in [1.29, 1.82) is 0 Å². The number of carbonyl (C=O) groups excluding carboxylic acids is 1. The van der Waals surface area contributed by atoms with Crippen molar-refractivity contribution < 1.29 is 18.3 Å². The maximum atomic E-state index is 12.1. The van der Waals surface area contributed by atoms with E-state index in [0.29, 0.717) is 0 Å². The van der Waals surface area contributed by atoms with Gasteiger partial charge in [0.25, 0.3) is 0 Å². The van der Waals surface area contributed by atoms with Crippen LogP contribution in [-0.4, -0.2) is 48.4 Å². The van der Waals surface area contributed by atoms with Crippen LogP contribution in [0, 0.1) is 0 Å². The minimum absolute atomic E-state index is 0.165. The molecule has 0 aliphatic carbocycles. The molecule has 2 heterocycles. The summed E-state index contributed by atoms with van der Waals surface area (Å²) in [5.41, 5.74) is 2.62. The number of nitrogens with zero attached hydrogens (tertiary/aromatic N) is 2. The highest BCUT2D eigenvalue weighted by atomic mass is 32.2. The number of halogens is 2. The van der Waals surface area contributed by atoms with Gasteiger partial charge in [0.2, 0.25) is 6.41 Å². The molecule has 0 unspecified atom stereocenters. The number of carbonyl (C=O) groups is 1. The van der Waals surface area contributed by atoms with Crippen molar-refractivity contribution >= 4 is 18.4 Å². The summed E-state index contributed by atoms with van der Waals surface area (Å²) in [6.07, 6.45) is 0.886. The number of benzene rings is 1. The zero-order valence-corrected chi connectivity index (χ0v) is 12.0. The van der Waals surface area contributed by atoms with Gasteiger partial charge in [-0.1, -0.05) is 0 Å². The second kappa shape index (κ2) is 6.03. The highest BCUT2D eigenvalue weighted by molar-refractivity contribution is 7.97. The average molecular weight is 312 g/mol. The Labute approximate surface area is 125 Å². The highest BCUT2D eigenvalue weighted by Gasteiger charge is 2.29. The van der Waals surface area contributed by atoms with Crippen molar-refractivity contribution in [3.8, 4) is 5.75 Å². The number of rotatable bonds is 5. The normalized spacial score (nSPS) is 18.5. The zero-order valence-electron chi connectivity index (χ0n) is 11.2. The van der Waals surface area contributed by atoms with Crippen LogP contribution < -0.4 is 4.74 Å². The van der Waals surface area contributed by atoms with Crippen molar-refractivity contribution in [2.24, 2.45) is 0 Å². The topological polar surface area (TPSA) is 32.8 Å². The van der Waals surface area contributed by atoms with Crippen LogP contribution in [-0.2, 0) is 4.79 Å². The van der Waals surface area contributed by atoms with Gasteiger partial charge in [0.1, 0.15) is 5.75 Å². The van der Waals surface area contributed by atoms with E-state index in [9.17, 15) is 13.6 Å². The molecule has 0 radical (unpaired) electrons. The molecule has 0 spiro atoms. The number of hydrogen-bond acceptors (Lipinski definition) is 4. The Balaban J connectivity index is 1.54. The van der Waals surface area contributed by atoms with E-state index < -0.39 is 6.61 Å². The highest BCUT2D eigenvalue weighted by Crippen LogP contribution is 2.33.